The van der Waals surface area contributed by atoms with E-state index in [4.69, 9.17) is 4.74 Å². The lowest BCUT2D eigenvalue weighted by atomic mass is 9.91. The predicted molar refractivity (Wildman–Crippen MR) is 99.4 cm³/mol. The van der Waals surface area contributed by atoms with Gasteiger partial charge in [0.25, 0.3) is 0 Å². The summed E-state index contributed by atoms with van der Waals surface area (Å²) < 4.78 is 32.3. The molecule has 0 N–H and O–H groups in total. The van der Waals surface area contributed by atoms with Crippen molar-refractivity contribution >= 4 is 10.0 Å². The van der Waals surface area contributed by atoms with Crippen LogP contribution in [0.1, 0.15) is 24.0 Å². The lowest BCUT2D eigenvalue weighted by Crippen LogP contribution is -2.38. The minimum absolute atomic E-state index is 0.395. The van der Waals surface area contributed by atoms with E-state index >= 15 is 0 Å². The van der Waals surface area contributed by atoms with Crippen LogP contribution in [0.2, 0.25) is 0 Å². The van der Waals surface area contributed by atoms with E-state index in [0.29, 0.717) is 23.9 Å². The molecule has 0 atom stereocenters. The van der Waals surface area contributed by atoms with E-state index in [9.17, 15) is 8.42 Å². The Morgan fingerprint density at radius 3 is 2.16 bits per heavy atom. The van der Waals surface area contributed by atoms with Crippen molar-refractivity contribution in [2.45, 2.75) is 31.1 Å². The fourth-order valence-electron chi connectivity index (χ4n) is 3.31. The number of nitrogens with zero attached hydrogens (tertiary/aromatic N) is 1. The van der Waals surface area contributed by atoms with Gasteiger partial charge in [-0.25, -0.2) is 8.42 Å². The fraction of sp³-hybridized carbons (Fsp3) is 0.400. The lowest BCUT2D eigenvalue weighted by Gasteiger charge is -2.31. The molecule has 1 aliphatic rings. The maximum atomic E-state index is 12.7. The van der Waals surface area contributed by atoms with Crippen molar-refractivity contribution in [3.63, 3.8) is 0 Å². The molecule has 0 radical (unpaired) electrons. The second-order valence-electron chi connectivity index (χ2n) is 6.71. The van der Waals surface area contributed by atoms with Gasteiger partial charge in [-0.05, 0) is 61.9 Å². The van der Waals surface area contributed by atoms with Gasteiger partial charge in [0.2, 0.25) is 10.0 Å². The molecule has 0 amide bonds. The summed E-state index contributed by atoms with van der Waals surface area (Å²) in [6.45, 7) is 3.15. The van der Waals surface area contributed by atoms with Gasteiger partial charge in [0.1, 0.15) is 5.75 Å². The first-order chi connectivity index (χ1) is 12.0. The maximum absolute atomic E-state index is 12.7. The zero-order valence-electron chi connectivity index (χ0n) is 14.8. The van der Waals surface area contributed by atoms with Gasteiger partial charge >= 0.3 is 0 Å². The zero-order valence-corrected chi connectivity index (χ0v) is 15.6. The van der Waals surface area contributed by atoms with Gasteiger partial charge in [0.15, 0.2) is 0 Å². The highest BCUT2D eigenvalue weighted by Gasteiger charge is 2.29. The lowest BCUT2D eigenvalue weighted by molar-refractivity contribution is 0.273. The van der Waals surface area contributed by atoms with Crippen molar-refractivity contribution in [1.29, 1.82) is 0 Å². The number of hydrogen-bond donors (Lipinski definition) is 0. The van der Waals surface area contributed by atoms with Crippen LogP contribution in [0.5, 0.6) is 5.75 Å². The Labute approximate surface area is 150 Å². The Hall–Kier alpha value is -1.85. The molecule has 0 aromatic heterocycles. The molecule has 1 heterocycles. The number of hydrogen-bond acceptors (Lipinski definition) is 3. The highest BCUT2D eigenvalue weighted by Crippen LogP contribution is 2.26. The molecule has 0 saturated carbocycles. The molecule has 0 aliphatic carbocycles. The first kappa shape index (κ1) is 18.0. The van der Waals surface area contributed by atoms with Gasteiger partial charge in [-0.2, -0.15) is 4.31 Å². The van der Waals surface area contributed by atoms with Gasteiger partial charge < -0.3 is 4.74 Å². The molecule has 1 aliphatic heterocycles. The number of rotatable bonds is 5. The summed E-state index contributed by atoms with van der Waals surface area (Å²) in [6.07, 6.45) is 2.79. The molecule has 0 bridgehead atoms. The van der Waals surface area contributed by atoms with Crippen LogP contribution >= 0.6 is 0 Å². The van der Waals surface area contributed by atoms with Crippen molar-refractivity contribution in [3.8, 4) is 5.75 Å². The molecule has 1 fully saturated rings. The van der Waals surface area contributed by atoms with E-state index in [1.165, 1.54) is 5.56 Å². The molecular weight excluding hydrogens is 334 g/mol. The summed E-state index contributed by atoms with van der Waals surface area (Å²) in [4.78, 5) is 0.395. The van der Waals surface area contributed by atoms with Crippen molar-refractivity contribution in [3.05, 3.63) is 59.7 Å². The van der Waals surface area contributed by atoms with Crippen LogP contribution in [0.15, 0.2) is 53.4 Å². The van der Waals surface area contributed by atoms with E-state index in [0.717, 1.165) is 30.6 Å². The summed E-state index contributed by atoms with van der Waals surface area (Å²) in [6, 6.07) is 15.2. The zero-order chi connectivity index (χ0) is 17.9. The number of methoxy groups -OCH3 is 1. The monoisotopic (exact) mass is 359 g/mol. The molecular formula is C20H25NO3S. The first-order valence-electron chi connectivity index (χ1n) is 8.69. The topological polar surface area (TPSA) is 46.6 Å². The van der Waals surface area contributed by atoms with Crippen molar-refractivity contribution in [1.82, 2.24) is 4.31 Å². The molecule has 3 rings (SSSR count). The molecule has 5 heteroatoms. The third-order valence-electron chi connectivity index (χ3n) is 4.92. The van der Waals surface area contributed by atoms with Crippen molar-refractivity contribution in [2.75, 3.05) is 20.2 Å². The fourth-order valence-corrected chi connectivity index (χ4v) is 4.78. The number of piperidine rings is 1. The average molecular weight is 359 g/mol. The molecule has 134 valence electrons. The SMILES string of the molecule is COc1ccc(CC2CCN(S(=O)(=O)c3ccc(C)cc3)CC2)cc1. The van der Waals surface area contributed by atoms with Crippen LogP contribution in [0, 0.1) is 12.8 Å². The summed E-state index contributed by atoms with van der Waals surface area (Å²) in [5.74, 6) is 1.39. The van der Waals surface area contributed by atoms with Gasteiger partial charge in [-0.1, -0.05) is 29.8 Å². The maximum Gasteiger partial charge on any atom is 0.243 e. The van der Waals surface area contributed by atoms with E-state index in [2.05, 4.69) is 12.1 Å². The van der Waals surface area contributed by atoms with Gasteiger partial charge in [0.05, 0.1) is 12.0 Å². The minimum Gasteiger partial charge on any atom is -0.497 e. The van der Waals surface area contributed by atoms with Crippen LogP contribution in [-0.4, -0.2) is 32.9 Å². The minimum atomic E-state index is -3.37. The Balaban J connectivity index is 1.60. The number of benzene rings is 2. The van der Waals surface area contributed by atoms with E-state index < -0.39 is 10.0 Å². The number of ether oxygens (including phenoxy) is 1. The summed E-state index contributed by atoms with van der Waals surface area (Å²) >= 11 is 0. The summed E-state index contributed by atoms with van der Waals surface area (Å²) in [5, 5.41) is 0. The Morgan fingerprint density at radius 2 is 1.60 bits per heavy atom. The average Bonchev–Trinajstić information content (AvgIpc) is 2.63. The second kappa shape index (κ2) is 7.58. The third-order valence-corrected chi connectivity index (χ3v) is 6.83. The van der Waals surface area contributed by atoms with Crippen LogP contribution in [0.3, 0.4) is 0 Å². The van der Waals surface area contributed by atoms with Gasteiger partial charge in [-0.3, -0.25) is 0 Å². The largest absolute Gasteiger partial charge is 0.497 e. The van der Waals surface area contributed by atoms with Crippen molar-refractivity contribution < 1.29 is 13.2 Å². The molecule has 25 heavy (non-hydrogen) atoms. The molecule has 2 aromatic carbocycles. The third kappa shape index (κ3) is 4.22. The highest BCUT2D eigenvalue weighted by molar-refractivity contribution is 7.89. The quantitative estimate of drug-likeness (QED) is 0.819. The van der Waals surface area contributed by atoms with Gasteiger partial charge in [-0.15, -0.1) is 0 Å². The number of sulfonamides is 1. The Bertz CT molecular complexity index is 790. The normalized spacial score (nSPS) is 16.7. The van der Waals surface area contributed by atoms with Crippen molar-refractivity contribution in [2.24, 2.45) is 5.92 Å². The Kier molecular flexibility index (Phi) is 5.45. The van der Waals surface area contributed by atoms with Crippen LogP contribution in [0.4, 0.5) is 0 Å². The molecule has 1 saturated heterocycles. The summed E-state index contributed by atoms with van der Waals surface area (Å²) in [5.41, 5.74) is 2.35. The molecule has 0 unspecified atom stereocenters. The van der Waals surface area contributed by atoms with Gasteiger partial charge in [0, 0.05) is 13.1 Å². The smallest absolute Gasteiger partial charge is 0.243 e. The predicted octanol–water partition coefficient (Wildman–Crippen LogP) is 3.65. The van der Waals surface area contributed by atoms with E-state index in [-0.39, 0.29) is 0 Å². The van der Waals surface area contributed by atoms with Crippen LogP contribution in [0.25, 0.3) is 0 Å². The van der Waals surface area contributed by atoms with Crippen LogP contribution in [-0.2, 0) is 16.4 Å². The molecule has 0 spiro atoms. The number of aryl methyl sites for hydroxylation is 1. The van der Waals surface area contributed by atoms with Crippen LogP contribution < -0.4 is 4.74 Å². The standard InChI is InChI=1S/C20H25NO3S/c1-16-3-9-20(10-4-16)25(22,23)21-13-11-18(12-14-21)15-17-5-7-19(24-2)8-6-17/h3-10,18H,11-15H2,1-2H3. The Morgan fingerprint density at radius 1 is 1.00 bits per heavy atom. The van der Waals surface area contributed by atoms with E-state index in [1.54, 1.807) is 23.5 Å². The second-order valence-corrected chi connectivity index (χ2v) is 8.65. The first-order valence-corrected chi connectivity index (χ1v) is 10.1. The summed E-state index contributed by atoms with van der Waals surface area (Å²) in [7, 11) is -1.70. The van der Waals surface area contributed by atoms with E-state index in [1.807, 2.05) is 31.2 Å². The highest BCUT2D eigenvalue weighted by atomic mass is 32.2. The molecule has 2 aromatic rings. The molecule has 4 nitrogen and oxygen atoms in total.